The van der Waals surface area contributed by atoms with E-state index >= 15 is 0 Å². The van der Waals surface area contributed by atoms with E-state index in [0.29, 0.717) is 17.9 Å². The van der Waals surface area contributed by atoms with E-state index in [0.717, 1.165) is 6.07 Å². The highest BCUT2D eigenvalue weighted by molar-refractivity contribution is 5.20. The van der Waals surface area contributed by atoms with E-state index in [2.05, 4.69) is 15.4 Å². The van der Waals surface area contributed by atoms with Gasteiger partial charge >= 0.3 is 0 Å². The lowest BCUT2D eigenvalue weighted by Crippen LogP contribution is -2.19. The molecule has 0 spiro atoms. The standard InChI is InChI=1S/C12H14F2N4/c1-8(9-3-10(13)5-11(14)4-9)15-6-12-16-7-18(2)17-12/h3-5,7-8,15H,6H2,1-2H3. The molecule has 0 bridgehead atoms. The minimum Gasteiger partial charge on any atom is -0.303 e. The Labute approximate surface area is 104 Å². The van der Waals surface area contributed by atoms with Crippen LogP contribution in [0.25, 0.3) is 0 Å². The third kappa shape index (κ3) is 3.10. The summed E-state index contributed by atoms with van der Waals surface area (Å²) in [7, 11) is 1.78. The summed E-state index contributed by atoms with van der Waals surface area (Å²) in [5, 5.41) is 7.22. The lowest BCUT2D eigenvalue weighted by Gasteiger charge is -2.13. The van der Waals surface area contributed by atoms with Crippen LogP contribution in [0.4, 0.5) is 8.78 Å². The van der Waals surface area contributed by atoms with Crippen LogP contribution in [-0.4, -0.2) is 14.8 Å². The van der Waals surface area contributed by atoms with Gasteiger partial charge in [-0.3, -0.25) is 4.68 Å². The molecule has 0 saturated carbocycles. The van der Waals surface area contributed by atoms with Gasteiger partial charge in [0.1, 0.15) is 18.0 Å². The van der Waals surface area contributed by atoms with Crippen molar-refractivity contribution in [3.63, 3.8) is 0 Å². The second kappa shape index (κ2) is 5.22. The fourth-order valence-corrected chi connectivity index (χ4v) is 1.65. The average molecular weight is 252 g/mol. The van der Waals surface area contributed by atoms with Gasteiger partial charge in [-0.2, -0.15) is 5.10 Å². The number of nitrogens with one attached hydrogen (secondary N) is 1. The highest BCUT2D eigenvalue weighted by Gasteiger charge is 2.09. The zero-order valence-electron chi connectivity index (χ0n) is 10.2. The van der Waals surface area contributed by atoms with Crippen molar-refractivity contribution in [1.29, 1.82) is 0 Å². The number of nitrogens with zero attached hydrogens (tertiary/aromatic N) is 3. The highest BCUT2D eigenvalue weighted by Crippen LogP contribution is 2.16. The van der Waals surface area contributed by atoms with Gasteiger partial charge in [-0.25, -0.2) is 13.8 Å². The molecule has 0 aliphatic heterocycles. The van der Waals surface area contributed by atoms with E-state index in [1.165, 1.54) is 12.1 Å². The Bertz CT molecular complexity index is 518. The van der Waals surface area contributed by atoms with Crippen LogP contribution in [-0.2, 0) is 13.6 Å². The monoisotopic (exact) mass is 252 g/mol. The number of halogens is 2. The molecule has 1 atom stereocenters. The molecule has 0 aliphatic rings. The molecule has 2 rings (SSSR count). The SMILES string of the molecule is CC(NCc1ncn(C)n1)c1cc(F)cc(F)c1. The summed E-state index contributed by atoms with van der Waals surface area (Å²) >= 11 is 0. The van der Waals surface area contributed by atoms with E-state index in [9.17, 15) is 8.78 Å². The summed E-state index contributed by atoms with van der Waals surface area (Å²) in [6, 6.07) is 3.30. The minimum atomic E-state index is -0.574. The summed E-state index contributed by atoms with van der Waals surface area (Å²) in [4.78, 5) is 4.06. The van der Waals surface area contributed by atoms with Crippen LogP contribution in [0.5, 0.6) is 0 Å². The maximum atomic E-state index is 13.1. The molecule has 2 aromatic rings. The van der Waals surface area contributed by atoms with Crippen molar-refractivity contribution < 1.29 is 8.78 Å². The van der Waals surface area contributed by atoms with Gasteiger partial charge < -0.3 is 5.32 Å². The van der Waals surface area contributed by atoms with Gasteiger partial charge in [-0.05, 0) is 24.6 Å². The van der Waals surface area contributed by atoms with Crippen LogP contribution in [0.3, 0.4) is 0 Å². The van der Waals surface area contributed by atoms with Crippen LogP contribution in [0.2, 0.25) is 0 Å². The van der Waals surface area contributed by atoms with Gasteiger partial charge in [-0.1, -0.05) is 0 Å². The van der Waals surface area contributed by atoms with Crippen molar-refractivity contribution in [3.05, 3.63) is 47.5 Å². The second-order valence-electron chi connectivity index (χ2n) is 4.14. The Hall–Kier alpha value is -1.82. The van der Waals surface area contributed by atoms with Crippen molar-refractivity contribution in [3.8, 4) is 0 Å². The van der Waals surface area contributed by atoms with Gasteiger partial charge in [0.2, 0.25) is 0 Å². The molecule has 0 amide bonds. The summed E-state index contributed by atoms with van der Waals surface area (Å²) in [6.45, 7) is 2.28. The third-order valence-corrected chi connectivity index (χ3v) is 2.60. The molecule has 0 aliphatic carbocycles. The normalized spacial score (nSPS) is 12.7. The molecule has 1 heterocycles. The van der Waals surface area contributed by atoms with Crippen LogP contribution < -0.4 is 5.32 Å². The highest BCUT2D eigenvalue weighted by atomic mass is 19.1. The van der Waals surface area contributed by atoms with Crippen molar-refractivity contribution in [2.45, 2.75) is 19.5 Å². The molecule has 0 radical (unpaired) electrons. The summed E-state index contributed by atoms with van der Waals surface area (Å²) in [5.41, 5.74) is 0.559. The van der Waals surface area contributed by atoms with E-state index in [1.54, 1.807) is 18.1 Å². The molecule has 1 unspecified atom stereocenters. The zero-order chi connectivity index (χ0) is 13.1. The molecule has 96 valence electrons. The van der Waals surface area contributed by atoms with Crippen LogP contribution >= 0.6 is 0 Å². The van der Waals surface area contributed by atoms with Gasteiger partial charge in [0.25, 0.3) is 0 Å². The third-order valence-electron chi connectivity index (χ3n) is 2.60. The number of rotatable bonds is 4. The molecule has 0 saturated heterocycles. The lowest BCUT2D eigenvalue weighted by molar-refractivity contribution is 0.536. The molecular formula is C12H14F2N4. The largest absolute Gasteiger partial charge is 0.303 e. The van der Waals surface area contributed by atoms with Crippen molar-refractivity contribution in [2.24, 2.45) is 7.05 Å². The summed E-state index contributed by atoms with van der Waals surface area (Å²) in [5.74, 6) is -0.509. The first-order chi connectivity index (χ1) is 8.54. The van der Waals surface area contributed by atoms with Crippen molar-refractivity contribution in [1.82, 2.24) is 20.1 Å². The van der Waals surface area contributed by atoms with Gasteiger partial charge in [-0.15, -0.1) is 0 Å². The maximum Gasteiger partial charge on any atom is 0.164 e. The lowest BCUT2D eigenvalue weighted by atomic mass is 10.1. The van der Waals surface area contributed by atoms with Crippen LogP contribution in [0.15, 0.2) is 24.5 Å². The Balaban J connectivity index is 2.01. The fourth-order valence-electron chi connectivity index (χ4n) is 1.65. The summed E-state index contributed by atoms with van der Waals surface area (Å²) < 4.78 is 27.7. The van der Waals surface area contributed by atoms with E-state index in [4.69, 9.17) is 0 Å². The van der Waals surface area contributed by atoms with Crippen molar-refractivity contribution >= 4 is 0 Å². The van der Waals surface area contributed by atoms with Gasteiger partial charge in [0.05, 0.1) is 6.54 Å². The first-order valence-electron chi connectivity index (χ1n) is 5.58. The molecule has 0 fully saturated rings. The average Bonchev–Trinajstić information content (AvgIpc) is 2.70. The van der Waals surface area contributed by atoms with Crippen LogP contribution in [0.1, 0.15) is 24.4 Å². The Morgan fingerprint density at radius 1 is 1.28 bits per heavy atom. The smallest absolute Gasteiger partial charge is 0.164 e. The molecule has 6 heteroatoms. The number of hydrogen-bond donors (Lipinski definition) is 1. The van der Waals surface area contributed by atoms with Gasteiger partial charge in [0.15, 0.2) is 5.82 Å². The predicted molar refractivity (Wildman–Crippen MR) is 62.6 cm³/mol. The predicted octanol–water partition coefficient (Wildman–Crippen LogP) is 1.94. The number of hydrogen-bond acceptors (Lipinski definition) is 3. The zero-order valence-corrected chi connectivity index (χ0v) is 10.2. The number of aromatic nitrogens is 3. The molecule has 1 aromatic carbocycles. The fraction of sp³-hybridized carbons (Fsp3) is 0.333. The number of aryl methyl sites for hydroxylation is 1. The molecule has 1 N–H and O–H groups in total. The van der Waals surface area contributed by atoms with E-state index < -0.39 is 11.6 Å². The van der Waals surface area contributed by atoms with E-state index in [-0.39, 0.29) is 6.04 Å². The van der Waals surface area contributed by atoms with Crippen LogP contribution in [0, 0.1) is 11.6 Å². The summed E-state index contributed by atoms with van der Waals surface area (Å²) in [6.07, 6.45) is 1.60. The maximum absolute atomic E-state index is 13.1. The number of benzene rings is 1. The Kier molecular flexibility index (Phi) is 3.66. The molecule has 4 nitrogen and oxygen atoms in total. The molecule has 18 heavy (non-hydrogen) atoms. The molecule has 1 aromatic heterocycles. The minimum absolute atomic E-state index is 0.181. The quantitative estimate of drug-likeness (QED) is 0.904. The van der Waals surface area contributed by atoms with E-state index in [1.807, 2.05) is 6.92 Å². The second-order valence-corrected chi connectivity index (χ2v) is 4.14. The van der Waals surface area contributed by atoms with Crippen molar-refractivity contribution in [2.75, 3.05) is 0 Å². The Morgan fingerprint density at radius 3 is 2.50 bits per heavy atom. The topological polar surface area (TPSA) is 42.7 Å². The van der Waals surface area contributed by atoms with Gasteiger partial charge in [0, 0.05) is 19.2 Å². The molecular weight excluding hydrogens is 238 g/mol. The Morgan fingerprint density at radius 2 is 1.94 bits per heavy atom. The first-order valence-corrected chi connectivity index (χ1v) is 5.58. The first kappa shape index (κ1) is 12.6.